The molecule has 0 aliphatic heterocycles. The van der Waals surface area contributed by atoms with Crippen LogP contribution >= 0.6 is 0 Å². The van der Waals surface area contributed by atoms with Gasteiger partial charge in [-0.15, -0.1) is 0 Å². The van der Waals surface area contributed by atoms with Crippen LogP contribution in [0.4, 0.5) is 0 Å². The van der Waals surface area contributed by atoms with Crippen LogP contribution in [-0.4, -0.2) is 43.2 Å². The Morgan fingerprint density at radius 1 is 1.60 bits per heavy atom. The standard InChI is InChI=1S/C6H13NO3/c1-7(3-2-5-8)4-6-10-9/h5,9H,2-4,6H2,1H3. The number of hydrogen-bond donors (Lipinski definition) is 1. The van der Waals surface area contributed by atoms with Crippen molar-refractivity contribution in [2.24, 2.45) is 0 Å². The highest BCUT2D eigenvalue weighted by molar-refractivity contribution is 5.49. The van der Waals surface area contributed by atoms with Crippen molar-refractivity contribution in [3.8, 4) is 0 Å². The average molecular weight is 147 g/mol. The number of likely N-dealkylation sites (N-methyl/N-ethyl adjacent to an activating group) is 1. The highest BCUT2D eigenvalue weighted by Gasteiger charge is 1.95. The zero-order chi connectivity index (χ0) is 7.82. The predicted octanol–water partition coefficient (Wildman–Crippen LogP) is -0.00320. The molecular formula is C6H13NO3. The Balaban J connectivity index is 3.07. The number of nitrogens with zero attached hydrogens (tertiary/aromatic N) is 1. The second kappa shape index (κ2) is 6.67. The Labute approximate surface area is 60.3 Å². The van der Waals surface area contributed by atoms with E-state index in [0.717, 1.165) is 6.29 Å². The van der Waals surface area contributed by atoms with E-state index in [1.165, 1.54) is 0 Å². The van der Waals surface area contributed by atoms with E-state index >= 15 is 0 Å². The molecule has 0 saturated carbocycles. The molecular weight excluding hydrogens is 134 g/mol. The molecule has 0 aromatic rings. The molecule has 10 heavy (non-hydrogen) atoms. The van der Waals surface area contributed by atoms with Crippen LogP contribution in [0.25, 0.3) is 0 Å². The van der Waals surface area contributed by atoms with Gasteiger partial charge in [0.25, 0.3) is 0 Å². The van der Waals surface area contributed by atoms with Gasteiger partial charge in [-0.25, -0.2) is 4.89 Å². The van der Waals surface area contributed by atoms with Gasteiger partial charge in [0, 0.05) is 19.5 Å². The average Bonchev–Trinajstić information content (AvgIpc) is 1.97. The van der Waals surface area contributed by atoms with Crippen LogP contribution in [0.5, 0.6) is 0 Å². The first-order chi connectivity index (χ1) is 4.81. The van der Waals surface area contributed by atoms with Gasteiger partial charge in [0.2, 0.25) is 0 Å². The molecule has 0 radical (unpaired) electrons. The molecule has 0 unspecified atom stereocenters. The molecule has 0 amide bonds. The molecule has 0 fully saturated rings. The zero-order valence-corrected chi connectivity index (χ0v) is 6.12. The SMILES string of the molecule is CN(CCC=O)CCOO. The van der Waals surface area contributed by atoms with Crippen molar-refractivity contribution in [3.63, 3.8) is 0 Å². The van der Waals surface area contributed by atoms with Crippen LogP contribution in [0.2, 0.25) is 0 Å². The third kappa shape index (κ3) is 5.68. The number of carbonyl (C=O) groups is 1. The Morgan fingerprint density at radius 2 is 2.30 bits per heavy atom. The molecule has 0 aliphatic carbocycles. The van der Waals surface area contributed by atoms with Crippen molar-refractivity contribution in [1.29, 1.82) is 0 Å². The second-order valence-corrected chi connectivity index (χ2v) is 2.09. The van der Waals surface area contributed by atoms with Crippen molar-refractivity contribution in [2.75, 3.05) is 26.7 Å². The highest BCUT2D eigenvalue weighted by atomic mass is 17.1. The summed E-state index contributed by atoms with van der Waals surface area (Å²) in [7, 11) is 1.86. The van der Waals surface area contributed by atoms with Gasteiger partial charge in [-0.3, -0.25) is 5.26 Å². The first kappa shape index (κ1) is 9.55. The molecule has 1 N–H and O–H groups in total. The van der Waals surface area contributed by atoms with Crippen molar-refractivity contribution in [3.05, 3.63) is 0 Å². The molecule has 4 nitrogen and oxygen atoms in total. The van der Waals surface area contributed by atoms with Gasteiger partial charge in [-0.05, 0) is 7.05 Å². The number of aldehydes is 1. The quantitative estimate of drug-likeness (QED) is 0.326. The van der Waals surface area contributed by atoms with Crippen LogP contribution in [0, 0.1) is 0 Å². The summed E-state index contributed by atoms with van der Waals surface area (Å²) in [5.74, 6) is 0. The Morgan fingerprint density at radius 3 is 2.80 bits per heavy atom. The molecule has 0 bridgehead atoms. The fourth-order valence-corrected chi connectivity index (χ4v) is 0.582. The minimum Gasteiger partial charge on any atom is -0.304 e. The van der Waals surface area contributed by atoms with E-state index < -0.39 is 0 Å². The molecule has 0 aromatic carbocycles. The van der Waals surface area contributed by atoms with Crippen LogP contribution in [0.15, 0.2) is 0 Å². The van der Waals surface area contributed by atoms with Gasteiger partial charge in [-0.1, -0.05) is 0 Å². The van der Waals surface area contributed by atoms with Crippen LogP contribution in [-0.2, 0) is 9.68 Å². The van der Waals surface area contributed by atoms with Crippen molar-refractivity contribution < 1.29 is 14.9 Å². The molecule has 0 rings (SSSR count). The second-order valence-electron chi connectivity index (χ2n) is 2.09. The van der Waals surface area contributed by atoms with E-state index in [9.17, 15) is 4.79 Å². The van der Waals surface area contributed by atoms with Gasteiger partial charge in [0.05, 0.1) is 6.61 Å². The Hall–Kier alpha value is -0.450. The largest absolute Gasteiger partial charge is 0.304 e. The monoisotopic (exact) mass is 147 g/mol. The summed E-state index contributed by atoms with van der Waals surface area (Å²) < 4.78 is 0. The minimum atomic E-state index is 0.287. The molecule has 0 heterocycles. The maximum Gasteiger partial charge on any atom is 0.121 e. The van der Waals surface area contributed by atoms with Crippen molar-refractivity contribution in [2.45, 2.75) is 6.42 Å². The normalized spacial score (nSPS) is 10.3. The van der Waals surface area contributed by atoms with E-state index in [0.29, 0.717) is 19.5 Å². The van der Waals surface area contributed by atoms with Gasteiger partial charge >= 0.3 is 0 Å². The molecule has 0 saturated heterocycles. The number of rotatable bonds is 6. The molecule has 0 aliphatic rings. The van der Waals surface area contributed by atoms with E-state index in [4.69, 9.17) is 5.26 Å². The lowest BCUT2D eigenvalue weighted by molar-refractivity contribution is -0.243. The lowest BCUT2D eigenvalue weighted by atomic mass is 10.4. The van der Waals surface area contributed by atoms with E-state index in [1.807, 2.05) is 11.9 Å². The zero-order valence-electron chi connectivity index (χ0n) is 6.12. The van der Waals surface area contributed by atoms with Crippen LogP contribution < -0.4 is 0 Å². The summed E-state index contributed by atoms with van der Waals surface area (Å²) in [5.41, 5.74) is 0. The van der Waals surface area contributed by atoms with E-state index in [-0.39, 0.29) is 6.61 Å². The van der Waals surface area contributed by atoms with Crippen molar-refractivity contribution >= 4 is 6.29 Å². The topological polar surface area (TPSA) is 49.8 Å². The Bertz CT molecular complexity index is 87.1. The summed E-state index contributed by atoms with van der Waals surface area (Å²) in [6, 6.07) is 0. The fraction of sp³-hybridized carbons (Fsp3) is 0.833. The van der Waals surface area contributed by atoms with E-state index in [1.54, 1.807) is 0 Å². The van der Waals surface area contributed by atoms with Gasteiger partial charge < -0.3 is 9.69 Å². The van der Waals surface area contributed by atoms with E-state index in [2.05, 4.69) is 4.89 Å². The third-order valence-corrected chi connectivity index (χ3v) is 1.19. The van der Waals surface area contributed by atoms with Gasteiger partial charge in [0.1, 0.15) is 6.29 Å². The van der Waals surface area contributed by atoms with Crippen LogP contribution in [0.1, 0.15) is 6.42 Å². The molecule has 60 valence electrons. The summed E-state index contributed by atoms with van der Waals surface area (Å²) in [5, 5.41) is 7.94. The Kier molecular flexibility index (Phi) is 6.37. The maximum atomic E-state index is 9.88. The molecule has 4 heteroatoms. The fourth-order valence-electron chi connectivity index (χ4n) is 0.582. The third-order valence-electron chi connectivity index (χ3n) is 1.19. The van der Waals surface area contributed by atoms with Gasteiger partial charge in [-0.2, -0.15) is 0 Å². The molecule has 0 spiro atoms. The molecule has 0 atom stereocenters. The number of hydrogen-bond acceptors (Lipinski definition) is 4. The highest BCUT2D eigenvalue weighted by Crippen LogP contribution is 1.83. The number of carbonyl (C=O) groups excluding carboxylic acids is 1. The van der Waals surface area contributed by atoms with Crippen molar-refractivity contribution in [1.82, 2.24) is 4.90 Å². The lowest BCUT2D eigenvalue weighted by Crippen LogP contribution is -2.24. The van der Waals surface area contributed by atoms with Gasteiger partial charge in [0.15, 0.2) is 0 Å². The lowest BCUT2D eigenvalue weighted by Gasteiger charge is -2.12. The summed E-state index contributed by atoms with van der Waals surface area (Å²) in [6.45, 7) is 1.65. The minimum absolute atomic E-state index is 0.287. The summed E-state index contributed by atoms with van der Waals surface area (Å²) in [4.78, 5) is 15.6. The maximum absolute atomic E-state index is 9.88. The first-order valence-electron chi connectivity index (χ1n) is 3.19. The summed E-state index contributed by atoms with van der Waals surface area (Å²) >= 11 is 0. The predicted molar refractivity (Wildman–Crippen MR) is 36.8 cm³/mol. The smallest absolute Gasteiger partial charge is 0.121 e. The summed E-state index contributed by atoms with van der Waals surface area (Å²) in [6.07, 6.45) is 1.40. The molecule has 0 aromatic heterocycles. The van der Waals surface area contributed by atoms with Crippen LogP contribution in [0.3, 0.4) is 0 Å². The first-order valence-corrected chi connectivity index (χ1v) is 3.19.